The Hall–Kier alpha value is -0.830. The Morgan fingerprint density at radius 1 is 1.18 bits per heavy atom. The number of rotatable bonds is 4. The maximum Gasteiger partial charge on any atom is 0.0951 e. The molecule has 1 atom stereocenters. The van der Waals surface area contributed by atoms with Crippen molar-refractivity contribution in [1.82, 2.24) is 14.9 Å². The fourth-order valence-electron chi connectivity index (χ4n) is 3.50. The van der Waals surface area contributed by atoms with Crippen LogP contribution in [0, 0.1) is 11.8 Å². The van der Waals surface area contributed by atoms with Gasteiger partial charge in [0.2, 0.25) is 0 Å². The van der Waals surface area contributed by atoms with Gasteiger partial charge in [-0.15, -0.1) is 0 Å². The standard InChI is InChI=1S/C14H21N3/c1-2-10(1)14(11-3-4-11)17-9-16-8-13(17)12-5-6-15-7-12/h8-12,14-15H,1-7H2. The Morgan fingerprint density at radius 3 is 2.53 bits per heavy atom. The van der Waals surface area contributed by atoms with Crippen molar-refractivity contribution >= 4 is 0 Å². The van der Waals surface area contributed by atoms with Gasteiger partial charge in [0, 0.05) is 30.4 Å². The number of nitrogens with one attached hydrogen (secondary N) is 1. The van der Waals surface area contributed by atoms with E-state index >= 15 is 0 Å². The third-order valence-corrected chi connectivity index (χ3v) is 4.71. The van der Waals surface area contributed by atoms with Gasteiger partial charge in [-0.1, -0.05) is 0 Å². The van der Waals surface area contributed by atoms with E-state index in [-0.39, 0.29) is 0 Å². The molecule has 17 heavy (non-hydrogen) atoms. The first-order chi connectivity index (χ1) is 8.43. The molecule has 0 aromatic carbocycles. The summed E-state index contributed by atoms with van der Waals surface area (Å²) in [4.78, 5) is 4.44. The van der Waals surface area contributed by atoms with Gasteiger partial charge in [0.25, 0.3) is 0 Å². The molecule has 3 fully saturated rings. The van der Waals surface area contributed by atoms with Gasteiger partial charge in [0.15, 0.2) is 0 Å². The highest BCUT2D eigenvalue weighted by Gasteiger charge is 2.43. The second kappa shape index (κ2) is 3.84. The van der Waals surface area contributed by atoms with Gasteiger partial charge in [0.1, 0.15) is 0 Å². The largest absolute Gasteiger partial charge is 0.331 e. The topological polar surface area (TPSA) is 29.9 Å². The van der Waals surface area contributed by atoms with E-state index in [1.54, 1.807) is 0 Å². The minimum atomic E-state index is 0.706. The molecular weight excluding hydrogens is 210 g/mol. The third kappa shape index (κ3) is 1.81. The zero-order chi connectivity index (χ0) is 11.2. The Kier molecular flexibility index (Phi) is 2.29. The monoisotopic (exact) mass is 231 g/mol. The number of imidazole rings is 1. The van der Waals surface area contributed by atoms with E-state index in [9.17, 15) is 0 Å². The zero-order valence-corrected chi connectivity index (χ0v) is 10.3. The third-order valence-electron chi connectivity index (χ3n) is 4.71. The average Bonchev–Trinajstić information content (AvgIpc) is 3.23. The van der Waals surface area contributed by atoms with Crippen LogP contribution in [0.2, 0.25) is 0 Å². The van der Waals surface area contributed by atoms with Crippen molar-refractivity contribution in [2.24, 2.45) is 11.8 Å². The number of aromatic nitrogens is 2. The Morgan fingerprint density at radius 2 is 1.94 bits per heavy atom. The van der Waals surface area contributed by atoms with E-state index < -0.39 is 0 Å². The van der Waals surface area contributed by atoms with Crippen molar-refractivity contribution in [1.29, 1.82) is 0 Å². The molecular formula is C14H21N3. The SMILES string of the molecule is c1ncn(C(C2CC2)C2CC2)c1C1CCNC1. The molecule has 0 radical (unpaired) electrons. The van der Waals surface area contributed by atoms with Crippen LogP contribution < -0.4 is 5.32 Å². The lowest BCUT2D eigenvalue weighted by molar-refractivity contribution is 0.378. The molecule has 0 amide bonds. The Labute approximate surface area is 103 Å². The van der Waals surface area contributed by atoms with Gasteiger partial charge in [-0.05, 0) is 50.5 Å². The fraction of sp³-hybridized carbons (Fsp3) is 0.786. The molecule has 92 valence electrons. The summed E-state index contributed by atoms with van der Waals surface area (Å²) in [6.45, 7) is 2.32. The second-order valence-corrected chi connectivity index (χ2v) is 6.08. The van der Waals surface area contributed by atoms with Gasteiger partial charge in [-0.2, -0.15) is 0 Å². The van der Waals surface area contributed by atoms with Gasteiger partial charge in [-0.25, -0.2) is 4.98 Å². The lowest BCUT2D eigenvalue weighted by Gasteiger charge is -2.22. The molecule has 3 heteroatoms. The number of hydrogen-bond acceptors (Lipinski definition) is 2. The first-order valence-electron chi connectivity index (χ1n) is 7.16. The summed E-state index contributed by atoms with van der Waals surface area (Å²) in [6.07, 6.45) is 11.3. The molecule has 1 aromatic rings. The van der Waals surface area contributed by atoms with Crippen molar-refractivity contribution in [2.75, 3.05) is 13.1 Å². The van der Waals surface area contributed by atoms with Crippen LogP contribution in [0.1, 0.15) is 49.8 Å². The molecule has 2 aliphatic carbocycles. The molecule has 1 unspecified atom stereocenters. The molecule has 1 saturated heterocycles. The maximum absolute atomic E-state index is 4.44. The van der Waals surface area contributed by atoms with Crippen molar-refractivity contribution < 1.29 is 0 Å². The van der Waals surface area contributed by atoms with Crippen LogP contribution in [-0.4, -0.2) is 22.6 Å². The van der Waals surface area contributed by atoms with E-state index in [4.69, 9.17) is 0 Å². The van der Waals surface area contributed by atoms with Crippen LogP contribution in [0.3, 0.4) is 0 Å². The minimum absolute atomic E-state index is 0.706. The molecule has 3 nitrogen and oxygen atoms in total. The quantitative estimate of drug-likeness (QED) is 0.862. The minimum Gasteiger partial charge on any atom is -0.331 e. The molecule has 2 saturated carbocycles. The maximum atomic E-state index is 4.44. The van der Waals surface area contributed by atoms with Gasteiger partial charge < -0.3 is 9.88 Å². The molecule has 0 bridgehead atoms. The van der Waals surface area contributed by atoms with E-state index in [0.717, 1.165) is 24.4 Å². The van der Waals surface area contributed by atoms with E-state index in [2.05, 4.69) is 27.4 Å². The van der Waals surface area contributed by atoms with Crippen LogP contribution in [-0.2, 0) is 0 Å². The Bertz CT molecular complexity index is 385. The van der Waals surface area contributed by atoms with Crippen molar-refractivity contribution in [3.8, 4) is 0 Å². The molecule has 1 aliphatic heterocycles. The molecule has 4 rings (SSSR count). The highest BCUT2D eigenvalue weighted by atomic mass is 15.1. The average molecular weight is 231 g/mol. The molecule has 2 heterocycles. The van der Waals surface area contributed by atoms with Gasteiger partial charge >= 0.3 is 0 Å². The van der Waals surface area contributed by atoms with Gasteiger partial charge in [-0.3, -0.25) is 0 Å². The molecule has 0 spiro atoms. The van der Waals surface area contributed by atoms with Crippen LogP contribution in [0.15, 0.2) is 12.5 Å². The highest BCUT2D eigenvalue weighted by molar-refractivity contribution is 5.13. The summed E-state index contributed by atoms with van der Waals surface area (Å²) in [6, 6.07) is 0.785. The summed E-state index contributed by atoms with van der Waals surface area (Å²) in [5.41, 5.74) is 1.50. The van der Waals surface area contributed by atoms with Crippen molar-refractivity contribution in [3.05, 3.63) is 18.2 Å². The zero-order valence-electron chi connectivity index (χ0n) is 10.3. The lowest BCUT2D eigenvalue weighted by Crippen LogP contribution is -2.18. The normalized spacial score (nSPS) is 29.1. The fourth-order valence-corrected chi connectivity index (χ4v) is 3.50. The van der Waals surface area contributed by atoms with E-state index in [1.165, 1.54) is 44.3 Å². The first-order valence-corrected chi connectivity index (χ1v) is 7.16. The lowest BCUT2D eigenvalue weighted by atomic mass is 10.0. The second-order valence-electron chi connectivity index (χ2n) is 6.08. The summed E-state index contributed by atoms with van der Waals surface area (Å²) in [5.74, 6) is 2.63. The van der Waals surface area contributed by atoms with Crippen molar-refractivity contribution in [3.63, 3.8) is 0 Å². The molecule has 1 N–H and O–H groups in total. The van der Waals surface area contributed by atoms with Crippen LogP contribution in [0.25, 0.3) is 0 Å². The first kappa shape index (κ1) is 10.1. The predicted molar refractivity (Wildman–Crippen MR) is 66.9 cm³/mol. The van der Waals surface area contributed by atoms with Crippen LogP contribution in [0.4, 0.5) is 0 Å². The molecule has 3 aliphatic rings. The van der Waals surface area contributed by atoms with Crippen LogP contribution in [0.5, 0.6) is 0 Å². The molecule has 1 aromatic heterocycles. The van der Waals surface area contributed by atoms with Gasteiger partial charge in [0.05, 0.1) is 6.33 Å². The summed E-state index contributed by atoms with van der Waals surface area (Å²) in [5, 5.41) is 3.48. The van der Waals surface area contributed by atoms with Crippen molar-refractivity contribution in [2.45, 2.75) is 44.1 Å². The highest BCUT2D eigenvalue weighted by Crippen LogP contribution is 2.52. The number of nitrogens with zero attached hydrogens (tertiary/aromatic N) is 2. The van der Waals surface area contributed by atoms with E-state index in [0.29, 0.717) is 5.92 Å². The van der Waals surface area contributed by atoms with Crippen LogP contribution >= 0.6 is 0 Å². The smallest absolute Gasteiger partial charge is 0.0951 e. The Balaban J connectivity index is 1.64. The number of hydrogen-bond donors (Lipinski definition) is 1. The summed E-state index contributed by atoms with van der Waals surface area (Å²) >= 11 is 0. The summed E-state index contributed by atoms with van der Waals surface area (Å²) < 4.78 is 2.55. The predicted octanol–water partition coefficient (Wildman–Crippen LogP) is 2.32. The van der Waals surface area contributed by atoms with E-state index in [1.807, 2.05) is 0 Å². The summed E-state index contributed by atoms with van der Waals surface area (Å²) in [7, 11) is 0.